The van der Waals surface area contributed by atoms with Crippen molar-refractivity contribution in [2.75, 3.05) is 26.2 Å². The van der Waals surface area contributed by atoms with E-state index in [0.29, 0.717) is 12.5 Å². The molecule has 19 heavy (non-hydrogen) atoms. The summed E-state index contributed by atoms with van der Waals surface area (Å²) in [4.78, 5) is 2.28. The smallest absolute Gasteiger partial charge is 0.240 e. The van der Waals surface area contributed by atoms with Gasteiger partial charge in [-0.2, -0.15) is 0 Å². The Bertz CT molecular complexity index is 533. The monoisotopic (exact) mass is 286 g/mol. The Morgan fingerprint density at radius 3 is 2.89 bits per heavy atom. The first-order valence-electron chi connectivity index (χ1n) is 6.49. The number of rotatable bonds is 5. The second-order valence-electron chi connectivity index (χ2n) is 4.86. The van der Waals surface area contributed by atoms with Crippen LogP contribution < -0.4 is 4.72 Å². The summed E-state index contributed by atoms with van der Waals surface area (Å²) in [5.74, 6) is -0.204. The van der Waals surface area contributed by atoms with Crippen LogP contribution in [0.1, 0.15) is 13.3 Å². The highest BCUT2D eigenvalue weighted by atomic mass is 32.2. The number of benzene rings is 1. The van der Waals surface area contributed by atoms with Crippen LogP contribution in [0.15, 0.2) is 29.2 Å². The van der Waals surface area contributed by atoms with Crippen molar-refractivity contribution < 1.29 is 12.8 Å². The summed E-state index contributed by atoms with van der Waals surface area (Å²) in [6.45, 7) is 5.44. The van der Waals surface area contributed by atoms with Gasteiger partial charge in [0.05, 0.1) is 4.90 Å². The molecule has 6 heteroatoms. The van der Waals surface area contributed by atoms with E-state index in [9.17, 15) is 12.8 Å². The Balaban J connectivity index is 1.95. The zero-order valence-electron chi connectivity index (χ0n) is 11.0. The van der Waals surface area contributed by atoms with E-state index < -0.39 is 15.8 Å². The maximum atomic E-state index is 13.0. The lowest BCUT2D eigenvalue weighted by Gasteiger charge is -2.14. The van der Waals surface area contributed by atoms with Gasteiger partial charge in [-0.05, 0) is 43.6 Å². The highest BCUT2D eigenvalue weighted by Gasteiger charge is 2.23. The predicted molar refractivity (Wildman–Crippen MR) is 71.8 cm³/mol. The topological polar surface area (TPSA) is 49.4 Å². The Kier molecular flexibility index (Phi) is 4.54. The van der Waals surface area contributed by atoms with Gasteiger partial charge < -0.3 is 4.90 Å². The summed E-state index contributed by atoms with van der Waals surface area (Å²) >= 11 is 0. The van der Waals surface area contributed by atoms with Crippen molar-refractivity contribution >= 4 is 10.0 Å². The van der Waals surface area contributed by atoms with Crippen LogP contribution in [0.25, 0.3) is 0 Å². The van der Waals surface area contributed by atoms with Crippen molar-refractivity contribution in [3.63, 3.8) is 0 Å². The average Bonchev–Trinajstić information content (AvgIpc) is 2.84. The maximum Gasteiger partial charge on any atom is 0.240 e. The lowest BCUT2D eigenvalue weighted by Crippen LogP contribution is -2.31. The quantitative estimate of drug-likeness (QED) is 0.891. The molecule has 0 bridgehead atoms. The number of likely N-dealkylation sites (tertiary alicyclic amines) is 1. The van der Waals surface area contributed by atoms with Crippen molar-refractivity contribution in [3.8, 4) is 0 Å². The number of nitrogens with one attached hydrogen (secondary N) is 1. The summed E-state index contributed by atoms with van der Waals surface area (Å²) in [5, 5.41) is 0. The molecule has 0 radical (unpaired) electrons. The molecule has 1 atom stereocenters. The van der Waals surface area contributed by atoms with E-state index in [4.69, 9.17) is 0 Å². The molecule has 1 heterocycles. The Hall–Kier alpha value is -0.980. The molecule has 1 aromatic carbocycles. The summed E-state index contributed by atoms with van der Waals surface area (Å²) < 4.78 is 39.6. The van der Waals surface area contributed by atoms with Gasteiger partial charge in [-0.1, -0.05) is 13.0 Å². The molecule has 0 spiro atoms. The van der Waals surface area contributed by atoms with E-state index in [1.165, 1.54) is 18.2 Å². The maximum absolute atomic E-state index is 13.0. The Morgan fingerprint density at radius 1 is 1.47 bits per heavy atom. The van der Waals surface area contributed by atoms with Crippen molar-refractivity contribution in [3.05, 3.63) is 30.1 Å². The average molecular weight is 286 g/mol. The standard InChI is InChI=1S/C13H19FN2O2S/c1-2-16-7-6-11(10-16)9-15-19(17,18)13-5-3-4-12(14)8-13/h3-5,8,11,15H,2,6-7,9-10H2,1H3. The third-order valence-corrected chi connectivity index (χ3v) is 4.91. The highest BCUT2D eigenvalue weighted by molar-refractivity contribution is 7.89. The van der Waals surface area contributed by atoms with Gasteiger partial charge in [0.15, 0.2) is 0 Å². The fourth-order valence-corrected chi connectivity index (χ4v) is 3.46. The van der Waals surface area contributed by atoms with Gasteiger partial charge in [0.25, 0.3) is 0 Å². The van der Waals surface area contributed by atoms with Crippen LogP contribution >= 0.6 is 0 Å². The summed E-state index contributed by atoms with van der Waals surface area (Å²) in [6, 6.07) is 5.07. The molecule has 106 valence electrons. The molecule has 0 aromatic heterocycles. The van der Waals surface area contributed by atoms with Gasteiger partial charge >= 0.3 is 0 Å². The van der Waals surface area contributed by atoms with Crippen molar-refractivity contribution in [2.45, 2.75) is 18.2 Å². The van der Waals surface area contributed by atoms with Crippen molar-refractivity contribution in [1.82, 2.24) is 9.62 Å². The highest BCUT2D eigenvalue weighted by Crippen LogP contribution is 2.16. The molecule has 4 nitrogen and oxygen atoms in total. The molecule has 1 aliphatic heterocycles. The second-order valence-corrected chi connectivity index (χ2v) is 6.62. The predicted octanol–water partition coefficient (Wildman–Crippen LogP) is 1.45. The zero-order valence-corrected chi connectivity index (χ0v) is 11.8. The molecule has 1 N–H and O–H groups in total. The van der Waals surface area contributed by atoms with Crippen LogP contribution in [0.3, 0.4) is 0 Å². The first kappa shape index (κ1) is 14.4. The van der Waals surface area contributed by atoms with Crippen LogP contribution in [0.2, 0.25) is 0 Å². The lowest BCUT2D eigenvalue weighted by atomic mass is 10.1. The molecule has 0 saturated carbocycles. The number of halogens is 1. The van der Waals surface area contributed by atoms with E-state index in [2.05, 4.69) is 16.5 Å². The molecular weight excluding hydrogens is 267 g/mol. The van der Waals surface area contributed by atoms with E-state index in [-0.39, 0.29) is 4.90 Å². The summed E-state index contributed by atoms with van der Waals surface area (Å²) in [7, 11) is -3.60. The van der Waals surface area contributed by atoms with E-state index in [1.54, 1.807) is 0 Å². The van der Waals surface area contributed by atoms with Gasteiger partial charge in [-0.15, -0.1) is 0 Å². The molecule has 1 saturated heterocycles. The fourth-order valence-electron chi connectivity index (χ4n) is 2.31. The zero-order chi connectivity index (χ0) is 13.9. The van der Waals surface area contributed by atoms with Crippen LogP contribution in [0.5, 0.6) is 0 Å². The molecule has 1 aliphatic rings. The number of sulfonamides is 1. The van der Waals surface area contributed by atoms with Gasteiger partial charge in [0.1, 0.15) is 5.82 Å². The Labute approximate surface area is 113 Å². The summed E-state index contributed by atoms with van der Waals surface area (Å²) in [5.41, 5.74) is 0. The van der Waals surface area contributed by atoms with Crippen molar-refractivity contribution in [2.24, 2.45) is 5.92 Å². The van der Waals surface area contributed by atoms with E-state index >= 15 is 0 Å². The first-order chi connectivity index (χ1) is 9.01. The second kappa shape index (κ2) is 5.98. The SMILES string of the molecule is CCN1CCC(CNS(=O)(=O)c2cccc(F)c2)C1. The minimum absolute atomic E-state index is 0.0159. The Morgan fingerprint density at radius 2 is 2.26 bits per heavy atom. The normalized spacial score (nSPS) is 20.8. The molecule has 1 unspecified atom stereocenters. The minimum atomic E-state index is -3.60. The van der Waals surface area contributed by atoms with E-state index in [1.807, 2.05) is 0 Å². The van der Waals surface area contributed by atoms with Gasteiger partial charge in [0, 0.05) is 13.1 Å². The van der Waals surface area contributed by atoms with Crippen LogP contribution in [0.4, 0.5) is 4.39 Å². The lowest BCUT2D eigenvalue weighted by molar-refractivity contribution is 0.342. The minimum Gasteiger partial charge on any atom is -0.303 e. The molecular formula is C13H19FN2O2S. The van der Waals surface area contributed by atoms with Crippen molar-refractivity contribution in [1.29, 1.82) is 0 Å². The largest absolute Gasteiger partial charge is 0.303 e. The molecule has 1 fully saturated rings. The first-order valence-corrected chi connectivity index (χ1v) is 7.97. The molecule has 1 aromatic rings. The van der Waals surface area contributed by atoms with Gasteiger partial charge in [0.2, 0.25) is 10.0 Å². The molecule has 2 rings (SSSR count). The van der Waals surface area contributed by atoms with Crippen LogP contribution in [-0.4, -0.2) is 39.5 Å². The van der Waals surface area contributed by atoms with Gasteiger partial charge in [-0.25, -0.2) is 17.5 Å². The van der Waals surface area contributed by atoms with Crippen LogP contribution in [0, 0.1) is 11.7 Å². The third kappa shape index (κ3) is 3.75. The summed E-state index contributed by atoms with van der Waals surface area (Å²) in [6.07, 6.45) is 1.000. The molecule has 0 aliphatic carbocycles. The number of hydrogen-bond acceptors (Lipinski definition) is 3. The fraction of sp³-hybridized carbons (Fsp3) is 0.538. The number of nitrogens with zero attached hydrogens (tertiary/aromatic N) is 1. The third-order valence-electron chi connectivity index (χ3n) is 3.49. The van der Waals surface area contributed by atoms with Gasteiger partial charge in [-0.3, -0.25) is 0 Å². The molecule has 0 amide bonds. The number of hydrogen-bond donors (Lipinski definition) is 1. The van der Waals surface area contributed by atoms with E-state index in [0.717, 1.165) is 32.1 Å². The van der Waals surface area contributed by atoms with Crippen LogP contribution in [-0.2, 0) is 10.0 Å².